The third kappa shape index (κ3) is 6.71. The lowest BCUT2D eigenvalue weighted by molar-refractivity contribution is -0.123. The number of aromatic carboxylic acids is 1. The van der Waals surface area contributed by atoms with Crippen LogP contribution in [0, 0.1) is 6.92 Å². The first-order valence-corrected chi connectivity index (χ1v) is 12.6. The molecule has 0 atom stereocenters. The van der Waals surface area contributed by atoms with Crippen molar-refractivity contribution in [2.75, 3.05) is 42.3 Å². The van der Waals surface area contributed by atoms with E-state index in [1.165, 1.54) is 18.2 Å². The maximum atomic E-state index is 12.7. The number of piperazine rings is 1. The second-order valence-electron chi connectivity index (χ2n) is 9.52. The summed E-state index contributed by atoms with van der Waals surface area (Å²) in [5.74, 6) is -1.18. The van der Waals surface area contributed by atoms with Crippen molar-refractivity contribution in [3.8, 4) is 0 Å². The van der Waals surface area contributed by atoms with E-state index in [1.807, 2.05) is 37.5 Å². The summed E-state index contributed by atoms with van der Waals surface area (Å²) in [6.45, 7) is 10.3. The molecule has 184 valence electrons. The Labute approximate surface area is 200 Å². The quantitative estimate of drug-likeness (QED) is 0.548. The first kappa shape index (κ1) is 25.5. The van der Waals surface area contributed by atoms with E-state index in [-0.39, 0.29) is 34.1 Å². The Kier molecular flexibility index (Phi) is 7.52. The molecule has 9 nitrogen and oxygen atoms in total. The highest BCUT2D eigenvalue weighted by molar-refractivity contribution is 7.92. The number of nitrogens with one attached hydrogen (secondary N) is 2. The number of carbonyl (C=O) groups is 2. The lowest BCUT2D eigenvalue weighted by Crippen LogP contribution is -2.52. The average Bonchev–Trinajstić information content (AvgIpc) is 2.73. The van der Waals surface area contributed by atoms with Gasteiger partial charge in [0, 0.05) is 37.4 Å². The SMILES string of the molecule is Cc1ccc(S(=O)(=O)Nc2ccc(N3CCN(CC(=O)NC(C)(C)C)CC3)c(C(=O)O)c2)cc1. The minimum absolute atomic E-state index is 0.0167. The predicted molar refractivity (Wildman–Crippen MR) is 132 cm³/mol. The van der Waals surface area contributed by atoms with Crippen LogP contribution in [-0.4, -0.2) is 68.6 Å². The first-order chi connectivity index (χ1) is 15.8. The van der Waals surface area contributed by atoms with Crippen LogP contribution >= 0.6 is 0 Å². The van der Waals surface area contributed by atoms with E-state index in [0.717, 1.165) is 5.56 Å². The molecule has 2 aromatic rings. The van der Waals surface area contributed by atoms with Crippen molar-refractivity contribution in [3.05, 3.63) is 53.6 Å². The Hall–Kier alpha value is -3.11. The Bertz CT molecular complexity index is 1150. The number of nitrogens with zero attached hydrogens (tertiary/aromatic N) is 2. The van der Waals surface area contributed by atoms with Crippen molar-refractivity contribution in [1.29, 1.82) is 0 Å². The lowest BCUT2D eigenvalue weighted by Gasteiger charge is -2.36. The fourth-order valence-electron chi connectivity index (χ4n) is 3.79. The first-order valence-electron chi connectivity index (χ1n) is 11.1. The van der Waals surface area contributed by atoms with Crippen LogP contribution in [-0.2, 0) is 14.8 Å². The van der Waals surface area contributed by atoms with Gasteiger partial charge in [0.25, 0.3) is 10.0 Å². The van der Waals surface area contributed by atoms with Crippen LogP contribution in [0.4, 0.5) is 11.4 Å². The Morgan fingerprint density at radius 1 is 1.00 bits per heavy atom. The van der Waals surface area contributed by atoms with Crippen LogP contribution in [0.25, 0.3) is 0 Å². The van der Waals surface area contributed by atoms with E-state index >= 15 is 0 Å². The van der Waals surface area contributed by atoms with Crippen LogP contribution in [0.5, 0.6) is 0 Å². The summed E-state index contributed by atoms with van der Waals surface area (Å²) < 4.78 is 27.8. The summed E-state index contributed by atoms with van der Waals surface area (Å²) in [4.78, 5) is 28.2. The van der Waals surface area contributed by atoms with Crippen LogP contribution < -0.4 is 14.9 Å². The fourth-order valence-corrected chi connectivity index (χ4v) is 4.84. The van der Waals surface area contributed by atoms with Gasteiger partial charge in [-0.1, -0.05) is 17.7 Å². The minimum atomic E-state index is -3.84. The van der Waals surface area contributed by atoms with E-state index < -0.39 is 16.0 Å². The zero-order valence-electron chi connectivity index (χ0n) is 20.0. The zero-order valence-corrected chi connectivity index (χ0v) is 20.8. The van der Waals surface area contributed by atoms with Gasteiger partial charge in [0.05, 0.1) is 22.7 Å². The van der Waals surface area contributed by atoms with Gasteiger partial charge in [-0.2, -0.15) is 0 Å². The number of hydrogen-bond acceptors (Lipinski definition) is 6. The topological polar surface area (TPSA) is 119 Å². The minimum Gasteiger partial charge on any atom is -0.478 e. The van der Waals surface area contributed by atoms with Crippen molar-refractivity contribution in [1.82, 2.24) is 10.2 Å². The van der Waals surface area contributed by atoms with Crippen LogP contribution in [0.15, 0.2) is 47.4 Å². The second kappa shape index (κ2) is 10.0. The number of aryl methyl sites for hydroxylation is 1. The third-order valence-corrected chi connectivity index (χ3v) is 6.80. The molecule has 0 aliphatic carbocycles. The summed E-state index contributed by atoms with van der Waals surface area (Å²) in [5, 5.41) is 12.7. The molecule has 2 aromatic carbocycles. The van der Waals surface area contributed by atoms with Gasteiger partial charge in [0.15, 0.2) is 0 Å². The monoisotopic (exact) mass is 488 g/mol. The molecule has 34 heavy (non-hydrogen) atoms. The highest BCUT2D eigenvalue weighted by Gasteiger charge is 2.25. The number of amides is 1. The van der Waals surface area contributed by atoms with Crippen LogP contribution in [0.3, 0.4) is 0 Å². The molecular weight excluding hydrogens is 456 g/mol. The maximum absolute atomic E-state index is 12.7. The predicted octanol–water partition coefficient (Wildman–Crippen LogP) is 2.53. The maximum Gasteiger partial charge on any atom is 0.337 e. The number of benzene rings is 2. The van der Waals surface area contributed by atoms with Crippen molar-refractivity contribution in [2.24, 2.45) is 0 Å². The van der Waals surface area contributed by atoms with Gasteiger partial charge in [0.1, 0.15) is 0 Å². The zero-order chi connectivity index (χ0) is 25.1. The molecule has 1 aliphatic heterocycles. The van der Waals surface area contributed by atoms with Gasteiger partial charge in [-0.3, -0.25) is 14.4 Å². The van der Waals surface area contributed by atoms with Crippen molar-refractivity contribution in [3.63, 3.8) is 0 Å². The molecule has 0 unspecified atom stereocenters. The van der Waals surface area contributed by atoms with Crippen molar-refractivity contribution in [2.45, 2.75) is 38.1 Å². The van der Waals surface area contributed by atoms with Crippen molar-refractivity contribution >= 4 is 33.3 Å². The molecule has 1 amide bonds. The summed E-state index contributed by atoms with van der Waals surface area (Å²) in [5.41, 5.74) is 1.36. The van der Waals surface area contributed by atoms with Crippen LogP contribution in [0.1, 0.15) is 36.7 Å². The Balaban J connectivity index is 1.70. The number of carboxylic acid groups (broad SMARTS) is 1. The number of carboxylic acids is 1. The number of rotatable bonds is 7. The van der Waals surface area contributed by atoms with Gasteiger partial charge >= 0.3 is 5.97 Å². The fraction of sp³-hybridized carbons (Fsp3) is 0.417. The molecule has 1 heterocycles. The normalized spacial score (nSPS) is 15.1. The summed E-state index contributed by atoms with van der Waals surface area (Å²) >= 11 is 0. The molecule has 3 N–H and O–H groups in total. The number of hydrogen-bond donors (Lipinski definition) is 3. The van der Waals surface area contributed by atoms with Gasteiger partial charge in [0.2, 0.25) is 5.91 Å². The molecule has 1 saturated heterocycles. The van der Waals surface area contributed by atoms with Crippen molar-refractivity contribution < 1.29 is 23.1 Å². The van der Waals surface area contributed by atoms with E-state index in [2.05, 4.69) is 10.0 Å². The number of carbonyl (C=O) groups excluding carboxylic acids is 1. The summed E-state index contributed by atoms with van der Waals surface area (Å²) in [6, 6.07) is 10.9. The largest absolute Gasteiger partial charge is 0.478 e. The molecule has 3 rings (SSSR count). The van der Waals surface area contributed by atoms with E-state index in [4.69, 9.17) is 0 Å². The highest BCUT2D eigenvalue weighted by Crippen LogP contribution is 2.27. The molecule has 0 bridgehead atoms. The molecule has 10 heteroatoms. The van der Waals surface area contributed by atoms with E-state index in [0.29, 0.717) is 31.9 Å². The average molecular weight is 489 g/mol. The second-order valence-corrected chi connectivity index (χ2v) is 11.2. The standard InChI is InChI=1S/C24H32N4O5S/c1-17-5-8-19(9-6-17)34(32,33)26-18-7-10-21(20(15-18)23(30)31)28-13-11-27(12-14-28)16-22(29)25-24(2,3)4/h5-10,15,26H,11-14,16H2,1-4H3,(H,25,29)(H,30,31). The van der Waals surface area contributed by atoms with Gasteiger partial charge in [-0.25, -0.2) is 13.2 Å². The molecule has 0 saturated carbocycles. The highest BCUT2D eigenvalue weighted by atomic mass is 32.2. The Morgan fingerprint density at radius 2 is 1.62 bits per heavy atom. The third-order valence-electron chi connectivity index (χ3n) is 5.41. The smallest absolute Gasteiger partial charge is 0.337 e. The van der Waals surface area contributed by atoms with E-state index in [1.54, 1.807) is 24.3 Å². The summed E-state index contributed by atoms with van der Waals surface area (Å²) in [6.07, 6.45) is 0. The molecule has 0 aromatic heterocycles. The van der Waals surface area contributed by atoms with E-state index in [9.17, 15) is 23.1 Å². The van der Waals surface area contributed by atoms with Gasteiger partial charge in [-0.05, 0) is 58.0 Å². The molecule has 0 radical (unpaired) electrons. The lowest BCUT2D eigenvalue weighted by atomic mass is 10.1. The molecular formula is C24H32N4O5S. The van der Waals surface area contributed by atoms with Gasteiger partial charge in [-0.15, -0.1) is 0 Å². The summed E-state index contributed by atoms with van der Waals surface area (Å²) in [7, 11) is -3.84. The molecule has 1 aliphatic rings. The number of anilines is 2. The van der Waals surface area contributed by atoms with Crippen LogP contribution in [0.2, 0.25) is 0 Å². The Morgan fingerprint density at radius 3 is 2.18 bits per heavy atom. The van der Waals surface area contributed by atoms with Gasteiger partial charge < -0.3 is 15.3 Å². The number of sulfonamides is 1. The molecule has 0 spiro atoms. The molecule has 1 fully saturated rings.